The Morgan fingerprint density at radius 2 is 1.31 bits per heavy atom. The Labute approximate surface area is 151 Å². The highest BCUT2D eigenvalue weighted by Crippen LogP contribution is 2.17. The van der Waals surface area contributed by atoms with Crippen molar-refractivity contribution < 1.29 is 28.9 Å². The highest BCUT2D eigenvalue weighted by atomic mass is 16.6. The zero-order valence-electron chi connectivity index (χ0n) is 14.4. The van der Waals surface area contributed by atoms with Crippen LogP contribution >= 0.6 is 0 Å². The molecule has 0 bridgehead atoms. The number of hydrogen-bond acceptors (Lipinski definition) is 6. The number of ether oxygens (including phenoxy) is 3. The monoisotopic (exact) mass is 356 g/mol. The van der Waals surface area contributed by atoms with Crippen molar-refractivity contribution in [2.75, 3.05) is 6.61 Å². The van der Waals surface area contributed by atoms with Crippen LogP contribution in [-0.4, -0.2) is 23.7 Å². The van der Waals surface area contributed by atoms with Gasteiger partial charge >= 0.3 is 11.9 Å². The molecule has 0 radical (unpaired) electrons. The van der Waals surface area contributed by atoms with Crippen LogP contribution in [0.2, 0.25) is 0 Å². The van der Waals surface area contributed by atoms with Gasteiger partial charge in [0.15, 0.2) is 0 Å². The van der Waals surface area contributed by atoms with Gasteiger partial charge in [0.1, 0.15) is 11.5 Å². The summed E-state index contributed by atoms with van der Waals surface area (Å²) in [4.78, 5) is 24.8. The molecule has 0 atom stereocenters. The van der Waals surface area contributed by atoms with E-state index < -0.39 is 23.5 Å². The molecule has 0 fully saturated rings. The van der Waals surface area contributed by atoms with Gasteiger partial charge in [0.05, 0.1) is 6.61 Å². The van der Waals surface area contributed by atoms with Crippen LogP contribution < -0.4 is 9.47 Å². The van der Waals surface area contributed by atoms with E-state index in [4.69, 9.17) is 14.2 Å². The summed E-state index contributed by atoms with van der Waals surface area (Å²) in [5, 5.41) is 10.1. The summed E-state index contributed by atoms with van der Waals surface area (Å²) < 4.78 is 15.3. The topological polar surface area (TPSA) is 82.1 Å². The Balaban J connectivity index is 2.21. The molecule has 2 aromatic carbocycles. The van der Waals surface area contributed by atoms with E-state index in [9.17, 15) is 14.7 Å². The van der Waals surface area contributed by atoms with Gasteiger partial charge in [-0.1, -0.05) is 49.7 Å². The van der Waals surface area contributed by atoms with Gasteiger partial charge in [0.25, 0.3) is 5.95 Å². The van der Waals surface area contributed by atoms with Gasteiger partial charge in [-0.3, -0.25) is 0 Å². The first kappa shape index (κ1) is 19.1. The number of esters is 2. The van der Waals surface area contributed by atoms with Crippen molar-refractivity contribution in [1.82, 2.24) is 0 Å². The van der Waals surface area contributed by atoms with E-state index in [1.54, 1.807) is 60.7 Å². The normalized spacial score (nSPS) is 9.88. The van der Waals surface area contributed by atoms with Gasteiger partial charge in [-0.05, 0) is 30.7 Å². The number of carbonyl (C=O) groups excluding carboxylic acids is 2. The zero-order chi connectivity index (χ0) is 18.8. The summed E-state index contributed by atoms with van der Waals surface area (Å²) in [7, 11) is 0. The summed E-state index contributed by atoms with van der Waals surface area (Å²) in [6, 6.07) is 16.4. The van der Waals surface area contributed by atoms with Crippen LogP contribution in [0.15, 0.2) is 72.2 Å². The highest BCUT2D eigenvalue weighted by Gasteiger charge is 2.29. The van der Waals surface area contributed by atoms with E-state index in [-0.39, 0.29) is 18.1 Å². The van der Waals surface area contributed by atoms with Gasteiger partial charge in [-0.25, -0.2) is 9.59 Å². The Kier molecular flexibility index (Phi) is 7.24. The van der Waals surface area contributed by atoms with Crippen molar-refractivity contribution in [3.63, 3.8) is 0 Å². The van der Waals surface area contributed by atoms with Crippen molar-refractivity contribution in [2.24, 2.45) is 0 Å². The molecule has 2 aromatic rings. The lowest BCUT2D eigenvalue weighted by Crippen LogP contribution is -2.25. The van der Waals surface area contributed by atoms with Crippen molar-refractivity contribution in [3.8, 4) is 11.5 Å². The third kappa shape index (κ3) is 5.66. The number of unbranched alkanes of at least 4 members (excludes halogenated alkanes) is 1. The summed E-state index contributed by atoms with van der Waals surface area (Å²) >= 11 is 0. The molecule has 136 valence electrons. The minimum Gasteiger partial charge on any atom is -0.480 e. The van der Waals surface area contributed by atoms with E-state index >= 15 is 0 Å². The lowest BCUT2D eigenvalue weighted by Gasteiger charge is -2.11. The molecule has 0 spiro atoms. The second-order valence-corrected chi connectivity index (χ2v) is 5.29. The predicted octanol–water partition coefficient (Wildman–Crippen LogP) is 3.78. The zero-order valence-corrected chi connectivity index (χ0v) is 14.4. The van der Waals surface area contributed by atoms with Gasteiger partial charge < -0.3 is 19.3 Å². The van der Waals surface area contributed by atoms with Gasteiger partial charge in [0.2, 0.25) is 5.57 Å². The predicted molar refractivity (Wildman–Crippen MR) is 94.7 cm³/mol. The third-order valence-corrected chi connectivity index (χ3v) is 3.27. The largest absolute Gasteiger partial charge is 0.480 e. The quantitative estimate of drug-likeness (QED) is 0.147. The second kappa shape index (κ2) is 9.88. The first-order valence-corrected chi connectivity index (χ1v) is 8.22. The van der Waals surface area contributed by atoms with Crippen LogP contribution in [-0.2, 0) is 14.3 Å². The third-order valence-electron chi connectivity index (χ3n) is 3.27. The molecule has 2 rings (SSSR count). The molecule has 26 heavy (non-hydrogen) atoms. The lowest BCUT2D eigenvalue weighted by molar-refractivity contribution is -0.138. The number of hydrogen-bond donors (Lipinski definition) is 1. The molecule has 0 amide bonds. The van der Waals surface area contributed by atoms with Gasteiger partial charge in [0, 0.05) is 0 Å². The molecule has 0 heterocycles. The molecule has 0 saturated carbocycles. The number of benzene rings is 2. The average Bonchev–Trinajstić information content (AvgIpc) is 2.63. The van der Waals surface area contributed by atoms with Crippen molar-refractivity contribution in [2.45, 2.75) is 19.8 Å². The van der Waals surface area contributed by atoms with Crippen LogP contribution in [0, 0.1) is 0 Å². The fourth-order valence-electron chi connectivity index (χ4n) is 1.94. The number of aliphatic hydroxyl groups is 1. The molecule has 0 aliphatic heterocycles. The Morgan fingerprint density at radius 3 is 1.73 bits per heavy atom. The summed E-state index contributed by atoms with van der Waals surface area (Å²) in [5.74, 6) is -2.50. The summed E-state index contributed by atoms with van der Waals surface area (Å²) in [6.45, 7) is 2.10. The molecule has 6 nitrogen and oxygen atoms in total. The molecule has 0 aromatic heterocycles. The smallest absolute Gasteiger partial charge is 0.358 e. The first-order valence-electron chi connectivity index (χ1n) is 8.22. The first-order chi connectivity index (χ1) is 12.6. The van der Waals surface area contributed by atoms with Gasteiger partial charge in [-0.2, -0.15) is 0 Å². The van der Waals surface area contributed by atoms with Crippen LogP contribution in [0.25, 0.3) is 0 Å². The number of carbonyl (C=O) groups is 2. The minimum atomic E-state index is -1.06. The maximum Gasteiger partial charge on any atom is 0.358 e. The van der Waals surface area contributed by atoms with E-state index in [1.807, 2.05) is 6.92 Å². The highest BCUT2D eigenvalue weighted by molar-refractivity contribution is 6.15. The Bertz CT molecular complexity index is 697. The molecule has 0 unspecified atom stereocenters. The van der Waals surface area contributed by atoms with Crippen molar-refractivity contribution >= 4 is 11.9 Å². The van der Waals surface area contributed by atoms with E-state index in [0.717, 1.165) is 6.42 Å². The summed E-state index contributed by atoms with van der Waals surface area (Å²) in [6.07, 6.45) is 1.48. The van der Waals surface area contributed by atoms with Gasteiger partial charge in [-0.15, -0.1) is 0 Å². The van der Waals surface area contributed by atoms with E-state index in [0.29, 0.717) is 6.42 Å². The van der Waals surface area contributed by atoms with Crippen LogP contribution in [0.4, 0.5) is 0 Å². The maximum absolute atomic E-state index is 12.4. The molecule has 0 saturated heterocycles. The Morgan fingerprint density at radius 1 is 0.846 bits per heavy atom. The standard InChI is InChI=1S/C20H20O6/c1-2-3-14-24-18(21)17(19(22)25-15-10-6-4-7-11-15)20(23)26-16-12-8-5-9-13-16/h4-13,21H,2-3,14H2,1H3. The SMILES string of the molecule is CCCCOC(O)=C(C(=O)Oc1ccccc1)C(=O)Oc1ccccc1. The molecule has 6 heteroatoms. The number of rotatable bonds is 8. The molecular formula is C20H20O6. The second-order valence-electron chi connectivity index (χ2n) is 5.29. The van der Waals surface area contributed by atoms with Crippen molar-refractivity contribution in [3.05, 3.63) is 72.2 Å². The summed E-state index contributed by atoms with van der Waals surface area (Å²) in [5.41, 5.74) is -0.700. The fraction of sp³-hybridized carbons (Fsp3) is 0.200. The molecule has 0 aliphatic rings. The molecule has 1 N–H and O–H groups in total. The number of para-hydroxylation sites is 2. The van der Waals surface area contributed by atoms with E-state index in [1.165, 1.54) is 0 Å². The fourth-order valence-corrected chi connectivity index (χ4v) is 1.94. The molecular weight excluding hydrogens is 336 g/mol. The van der Waals surface area contributed by atoms with Crippen LogP contribution in [0.1, 0.15) is 19.8 Å². The number of aliphatic hydroxyl groups excluding tert-OH is 1. The molecule has 0 aliphatic carbocycles. The minimum absolute atomic E-state index is 0.156. The average molecular weight is 356 g/mol. The van der Waals surface area contributed by atoms with Crippen LogP contribution in [0.5, 0.6) is 11.5 Å². The van der Waals surface area contributed by atoms with Crippen LogP contribution in [0.3, 0.4) is 0 Å². The maximum atomic E-state index is 12.4. The van der Waals surface area contributed by atoms with E-state index in [2.05, 4.69) is 0 Å². The lowest BCUT2D eigenvalue weighted by atomic mass is 10.2. The Hall–Kier alpha value is -3.28. The van der Waals surface area contributed by atoms with Crippen molar-refractivity contribution in [1.29, 1.82) is 0 Å².